The van der Waals surface area contributed by atoms with Crippen LogP contribution in [0.25, 0.3) is 12.2 Å². The molecule has 2 aromatic heterocycles. The first-order chi connectivity index (χ1) is 16.0. The van der Waals surface area contributed by atoms with Crippen LogP contribution in [-0.4, -0.2) is 69.3 Å². The Morgan fingerprint density at radius 1 is 1.15 bits per heavy atom. The van der Waals surface area contributed by atoms with Gasteiger partial charge in [0.25, 0.3) is 0 Å². The molecule has 174 valence electrons. The van der Waals surface area contributed by atoms with E-state index in [1.54, 1.807) is 29.6 Å². The molecule has 4 rings (SSSR count). The van der Waals surface area contributed by atoms with Crippen molar-refractivity contribution in [3.8, 4) is 0 Å². The van der Waals surface area contributed by atoms with Gasteiger partial charge in [0.2, 0.25) is 11.9 Å². The first-order valence-electron chi connectivity index (χ1n) is 11.0. The van der Waals surface area contributed by atoms with E-state index < -0.39 is 0 Å². The lowest BCUT2D eigenvalue weighted by Gasteiger charge is -2.34. The van der Waals surface area contributed by atoms with Crippen LogP contribution in [0.3, 0.4) is 0 Å². The molecule has 1 aliphatic heterocycles. The number of piperazine rings is 1. The molecule has 0 radical (unpaired) electrons. The van der Waals surface area contributed by atoms with Gasteiger partial charge in [-0.15, -0.1) is 11.3 Å². The molecule has 1 saturated heterocycles. The molecule has 3 aromatic rings. The van der Waals surface area contributed by atoms with E-state index in [9.17, 15) is 9.50 Å². The maximum Gasteiger partial charge on any atom is 0.234 e. The smallest absolute Gasteiger partial charge is 0.234 e. The monoisotopic (exact) mass is 469 g/mol. The Morgan fingerprint density at radius 2 is 1.97 bits per heavy atom. The van der Waals surface area contributed by atoms with Crippen LogP contribution in [0.1, 0.15) is 36.0 Å². The van der Waals surface area contributed by atoms with Gasteiger partial charge in [-0.3, -0.25) is 10.2 Å². The van der Waals surface area contributed by atoms with Crippen LogP contribution in [0.2, 0.25) is 0 Å². The zero-order valence-electron chi connectivity index (χ0n) is 18.8. The molecular formula is C23H28FN7OS. The highest BCUT2D eigenvalue weighted by Gasteiger charge is 2.20. The average Bonchev–Trinajstić information content (AvgIpc) is 3.27. The lowest BCUT2D eigenvalue weighted by molar-refractivity contribution is 0.188. The number of aliphatic hydroxyl groups is 1. The van der Waals surface area contributed by atoms with Crippen molar-refractivity contribution in [2.75, 3.05) is 49.5 Å². The van der Waals surface area contributed by atoms with Gasteiger partial charge in [0.05, 0.1) is 6.61 Å². The van der Waals surface area contributed by atoms with Crippen LogP contribution < -0.4 is 10.2 Å². The molecule has 2 N–H and O–H groups in total. The largest absolute Gasteiger partial charge is 0.395 e. The number of anilines is 3. The van der Waals surface area contributed by atoms with Crippen molar-refractivity contribution >= 4 is 40.5 Å². The quantitative estimate of drug-likeness (QED) is 0.517. The molecule has 0 unspecified atom stereocenters. The highest BCUT2D eigenvalue weighted by atomic mass is 32.1. The Balaban J connectivity index is 1.59. The Bertz CT molecular complexity index is 1100. The lowest BCUT2D eigenvalue weighted by Crippen LogP contribution is -2.47. The van der Waals surface area contributed by atoms with E-state index in [0.29, 0.717) is 30.2 Å². The fourth-order valence-corrected chi connectivity index (χ4v) is 4.27. The second kappa shape index (κ2) is 10.8. The second-order valence-electron chi connectivity index (χ2n) is 8.11. The number of thiazole rings is 1. The zero-order chi connectivity index (χ0) is 23.2. The normalized spacial score (nSPS) is 15.0. The molecule has 10 heteroatoms. The standard InChI is InChI=1S/C23H28FN7OS/c1-16(2)19-15-25-23(33-19)29-21-26-20(7-6-17-4-3-5-18(24)14-17)27-22(28-21)31-10-8-30(9-11-31)12-13-32/h3-7,14-16,32H,8-13H2,1-2H3,(H,25,26,27,28,29). The molecule has 8 nitrogen and oxygen atoms in total. The van der Waals surface area contributed by atoms with E-state index >= 15 is 0 Å². The van der Waals surface area contributed by atoms with Crippen molar-refractivity contribution in [2.45, 2.75) is 19.8 Å². The van der Waals surface area contributed by atoms with Crippen molar-refractivity contribution in [2.24, 2.45) is 0 Å². The molecule has 0 spiro atoms. The highest BCUT2D eigenvalue weighted by molar-refractivity contribution is 7.15. The molecule has 1 fully saturated rings. The highest BCUT2D eigenvalue weighted by Crippen LogP contribution is 2.27. The van der Waals surface area contributed by atoms with Gasteiger partial charge in [-0.2, -0.15) is 15.0 Å². The van der Waals surface area contributed by atoms with Gasteiger partial charge < -0.3 is 10.0 Å². The van der Waals surface area contributed by atoms with Gasteiger partial charge in [0.1, 0.15) is 5.82 Å². The van der Waals surface area contributed by atoms with Gasteiger partial charge in [-0.1, -0.05) is 32.1 Å². The number of β-amino-alcohol motifs (C(OH)–C–C–N with tert-alkyl or cyclic N) is 1. The number of aliphatic hydroxyl groups excluding tert-OH is 1. The van der Waals surface area contributed by atoms with Crippen molar-refractivity contribution in [3.05, 3.63) is 52.5 Å². The fraction of sp³-hybridized carbons (Fsp3) is 0.391. The number of halogens is 1. The van der Waals surface area contributed by atoms with E-state index in [0.717, 1.165) is 36.9 Å². The van der Waals surface area contributed by atoms with E-state index in [1.165, 1.54) is 17.0 Å². The molecule has 0 amide bonds. The maximum absolute atomic E-state index is 13.5. The number of nitrogens with one attached hydrogen (secondary N) is 1. The molecular weight excluding hydrogens is 441 g/mol. The first kappa shape index (κ1) is 23.2. The summed E-state index contributed by atoms with van der Waals surface area (Å²) in [5.41, 5.74) is 0.727. The third kappa shape index (κ3) is 6.31. The summed E-state index contributed by atoms with van der Waals surface area (Å²) in [6.07, 6.45) is 5.41. The summed E-state index contributed by atoms with van der Waals surface area (Å²) in [6.45, 7) is 8.24. The van der Waals surface area contributed by atoms with Gasteiger partial charge in [-0.25, -0.2) is 9.37 Å². The van der Waals surface area contributed by atoms with Gasteiger partial charge in [0.15, 0.2) is 11.0 Å². The van der Waals surface area contributed by atoms with Crippen LogP contribution >= 0.6 is 11.3 Å². The molecule has 0 aliphatic carbocycles. The molecule has 0 bridgehead atoms. The summed E-state index contributed by atoms with van der Waals surface area (Å²) in [7, 11) is 0. The summed E-state index contributed by atoms with van der Waals surface area (Å²) in [6, 6.07) is 6.36. The number of aromatic nitrogens is 4. The van der Waals surface area contributed by atoms with Crippen molar-refractivity contribution < 1.29 is 9.50 Å². The van der Waals surface area contributed by atoms with Gasteiger partial charge >= 0.3 is 0 Å². The molecule has 0 saturated carbocycles. The van der Waals surface area contributed by atoms with E-state index in [-0.39, 0.29) is 12.4 Å². The topological polar surface area (TPSA) is 90.3 Å². The predicted octanol–water partition coefficient (Wildman–Crippen LogP) is 3.62. The average molecular weight is 470 g/mol. The second-order valence-corrected chi connectivity index (χ2v) is 9.17. The number of benzene rings is 1. The predicted molar refractivity (Wildman–Crippen MR) is 130 cm³/mol. The third-order valence-corrected chi connectivity index (χ3v) is 6.51. The van der Waals surface area contributed by atoms with Crippen LogP contribution in [0, 0.1) is 5.82 Å². The van der Waals surface area contributed by atoms with Crippen LogP contribution in [0.15, 0.2) is 30.5 Å². The minimum atomic E-state index is -0.290. The summed E-state index contributed by atoms with van der Waals surface area (Å²) < 4.78 is 13.5. The number of hydrogen-bond donors (Lipinski definition) is 2. The van der Waals surface area contributed by atoms with Crippen molar-refractivity contribution in [1.82, 2.24) is 24.8 Å². The summed E-state index contributed by atoms with van der Waals surface area (Å²) in [5, 5.41) is 13.1. The summed E-state index contributed by atoms with van der Waals surface area (Å²) in [4.78, 5) is 23.8. The van der Waals surface area contributed by atoms with Crippen LogP contribution in [0.4, 0.5) is 21.4 Å². The number of hydrogen-bond acceptors (Lipinski definition) is 9. The Kier molecular flexibility index (Phi) is 7.58. The first-order valence-corrected chi connectivity index (χ1v) is 11.8. The van der Waals surface area contributed by atoms with E-state index in [4.69, 9.17) is 0 Å². The fourth-order valence-electron chi connectivity index (χ4n) is 3.45. The Hall–Kier alpha value is -2.95. The van der Waals surface area contributed by atoms with Crippen molar-refractivity contribution in [1.29, 1.82) is 0 Å². The minimum absolute atomic E-state index is 0.154. The molecule has 1 aliphatic rings. The van der Waals surface area contributed by atoms with Gasteiger partial charge in [-0.05, 0) is 29.7 Å². The van der Waals surface area contributed by atoms with Crippen LogP contribution in [-0.2, 0) is 0 Å². The molecule has 3 heterocycles. The number of nitrogens with zero attached hydrogens (tertiary/aromatic N) is 6. The summed E-state index contributed by atoms with van der Waals surface area (Å²) >= 11 is 1.57. The van der Waals surface area contributed by atoms with Crippen molar-refractivity contribution in [3.63, 3.8) is 0 Å². The third-order valence-electron chi connectivity index (χ3n) is 5.30. The Labute approximate surface area is 196 Å². The molecule has 33 heavy (non-hydrogen) atoms. The Morgan fingerprint density at radius 3 is 2.67 bits per heavy atom. The minimum Gasteiger partial charge on any atom is -0.395 e. The SMILES string of the molecule is CC(C)c1cnc(Nc2nc(C=Cc3cccc(F)c3)nc(N3CCN(CCO)CC3)n2)s1. The maximum atomic E-state index is 13.5. The number of rotatable bonds is 8. The van der Waals surface area contributed by atoms with Crippen LogP contribution in [0.5, 0.6) is 0 Å². The van der Waals surface area contributed by atoms with Gasteiger partial charge in [0, 0.05) is 43.8 Å². The summed E-state index contributed by atoms with van der Waals surface area (Å²) in [5.74, 6) is 1.58. The zero-order valence-corrected chi connectivity index (χ0v) is 19.6. The molecule has 1 aromatic carbocycles. The van der Waals surface area contributed by atoms with E-state index in [2.05, 4.69) is 48.9 Å². The molecule has 0 atom stereocenters. The van der Waals surface area contributed by atoms with E-state index in [1.807, 2.05) is 12.3 Å². The lowest BCUT2D eigenvalue weighted by atomic mass is 10.2.